The predicted molar refractivity (Wildman–Crippen MR) is 171 cm³/mol. The van der Waals surface area contributed by atoms with E-state index in [0.717, 1.165) is 0 Å². The number of aromatic nitrogens is 4. The van der Waals surface area contributed by atoms with Crippen LogP contribution in [0.25, 0.3) is 16.2 Å². The number of carbonyl (C=O) groups excluding carboxylic acids is 1. The van der Waals surface area contributed by atoms with E-state index in [2.05, 4.69) is 21.3 Å². The van der Waals surface area contributed by atoms with Crippen molar-refractivity contribution in [3.8, 4) is 22.5 Å². The van der Waals surface area contributed by atoms with Gasteiger partial charge in [0.15, 0.2) is 10.0 Å². The van der Waals surface area contributed by atoms with Crippen LogP contribution in [0.2, 0.25) is 5.28 Å². The van der Waals surface area contributed by atoms with Crippen molar-refractivity contribution in [2.45, 2.75) is 50.1 Å². The van der Waals surface area contributed by atoms with Gasteiger partial charge in [-0.25, -0.2) is 22.2 Å². The van der Waals surface area contributed by atoms with Crippen molar-refractivity contribution in [2.24, 2.45) is 5.92 Å². The third kappa shape index (κ3) is 6.13. The van der Waals surface area contributed by atoms with Gasteiger partial charge in [-0.3, -0.25) is 9.20 Å². The highest BCUT2D eigenvalue weighted by Gasteiger charge is 2.54. The summed E-state index contributed by atoms with van der Waals surface area (Å²) in [6.07, 6.45) is -2.12. The number of piperazine rings is 1. The Morgan fingerprint density at radius 2 is 1.83 bits per heavy atom. The Morgan fingerprint density at radius 3 is 2.38 bits per heavy atom. The fourth-order valence-electron chi connectivity index (χ4n) is 5.63. The molecule has 0 N–H and O–H groups in total. The van der Waals surface area contributed by atoms with E-state index in [-0.39, 0.29) is 44.8 Å². The highest BCUT2D eigenvalue weighted by Crippen LogP contribution is 2.46. The maximum absolute atomic E-state index is 14.6. The molecule has 248 valence electrons. The van der Waals surface area contributed by atoms with Crippen LogP contribution in [-0.2, 0) is 21.4 Å². The van der Waals surface area contributed by atoms with Crippen molar-refractivity contribution in [3.63, 3.8) is 0 Å². The molecular formula is C30H31ClF2N8O4S2. The van der Waals surface area contributed by atoms with Crippen LogP contribution >= 0.6 is 22.9 Å². The van der Waals surface area contributed by atoms with Crippen LogP contribution in [0.5, 0.6) is 5.75 Å². The number of alkyl halides is 2. The first kappa shape index (κ1) is 33.0. The SMILES string of the molecule is COc1ccc(CN(C2(C#N)CC2)S(=O)(=O)c2cc(N3CCN(C(=O)C(C)C)CC3)n3c(Cl)nc(-c4nnc(C(F)F)s4)c3c2)cc1. The maximum atomic E-state index is 14.6. The van der Waals surface area contributed by atoms with Crippen LogP contribution in [0.3, 0.4) is 0 Å². The summed E-state index contributed by atoms with van der Waals surface area (Å²) in [7, 11) is -2.83. The Hall–Kier alpha value is -3.91. The lowest BCUT2D eigenvalue weighted by Gasteiger charge is -2.37. The van der Waals surface area contributed by atoms with Gasteiger partial charge in [-0.15, -0.1) is 10.2 Å². The molecule has 4 aromatic rings. The molecular weight excluding hydrogens is 674 g/mol. The van der Waals surface area contributed by atoms with Crippen molar-refractivity contribution < 1.29 is 26.7 Å². The van der Waals surface area contributed by atoms with Gasteiger partial charge in [0.05, 0.1) is 23.6 Å². The number of pyridine rings is 1. The number of carbonyl (C=O) groups is 1. The van der Waals surface area contributed by atoms with Gasteiger partial charge in [-0.1, -0.05) is 37.3 Å². The van der Waals surface area contributed by atoms with Crippen LogP contribution in [0.15, 0.2) is 41.3 Å². The van der Waals surface area contributed by atoms with Gasteiger partial charge in [-0.05, 0) is 54.3 Å². The van der Waals surface area contributed by atoms with Crippen LogP contribution in [0.4, 0.5) is 14.6 Å². The lowest BCUT2D eigenvalue weighted by atomic mass is 10.1. The summed E-state index contributed by atoms with van der Waals surface area (Å²) >= 11 is 7.30. The normalized spacial score (nSPS) is 16.3. The molecule has 0 unspecified atom stereocenters. The van der Waals surface area contributed by atoms with Crippen molar-refractivity contribution in [3.05, 3.63) is 52.3 Å². The van der Waals surface area contributed by atoms with Gasteiger partial charge in [0, 0.05) is 38.6 Å². The van der Waals surface area contributed by atoms with Crippen LogP contribution in [0, 0.1) is 17.2 Å². The number of rotatable bonds is 10. The van der Waals surface area contributed by atoms with E-state index in [1.807, 2.05) is 18.7 Å². The van der Waals surface area contributed by atoms with E-state index in [9.17, 15) is 27.3 Å². The largest absolute Gasteiger partial charge is 0.497 e. The topological polar surface area (TPSA) is 137 Å². The minimum Gasteiger partial charge on any atom is -0.497 e. The minimum atomic E-state index is -4.36. The number of halogens is 3. The van der Waals surface area contributed by atoms with E-state index >= 15 is 0 Å². The highest BCUT2D eigenvalue weighted by atomic mass is 35.5. The molecule has 2 aliphatic rings. The summed E-state index contributed by atoms with van der Waals surface area (Å²) in [5.41, 5.74) is -0.269. The second-order valence-electron chi connectivity index (χ2n) is 11.7. The molecule has 2 fully saturated rings. The Labute approximate surface area is 279 Å². The van der Waals surface area contributed by atoms with E-state index in [4.69, 9.17) is 16.3 Å². The molecule has 0 bridgehead atoms. The van der Waals surface area contributed by atoms with Crippen LogP contribution in [-0.4, -0.2) is 81.9 Å². The van der Waals surface area contributed by atoms with Crippen LogP contribution in [0.1, 0.15) is 43.7 Å². The number of hydrogen-bond donors (Lipinski definition) is 0. The number of imidazole rings is 1. The molecule has 1 aliphatic heterocycles. The molecule has 1 saturated carbocycles. The van der Waals surface area contributed by atoms with E-state index in [0.29, 0.717) is 67.5 Å². The second-order valence-corrected chi connectivity index (χ2v) is 14.9. The zero-order chi connectivity index (χ0) is 33.7. The number of ether oxygens (including phenoxy) is 1. The van der Waals surface area contributed by atoms with E-state index in [1.165, 1.54) is 23.5 Å². The zero-order valence-electron chi connectivity index (χ0n) is 25.7. The monoisotopic (exact) mass is 704 g/mol. The molecule has 1 aromatic carbocycles. The molecule has 6 rings (SSSR count). The number of nitrogens with zero attached hydrogens (tertiary/aromatic N) is 8. The van der Waals surface area contributed by atoms with Crippen molar-refractivity contribution in [1.82, 2.24) is 28.8 Å². The summed E-state index contributed by atoms with van der Waals surface area (Å²) < 4.78 is 64.2. The quantitative estimate of drug-likeness (QED) is 0.223. The first-order valence-corrected chi connectivity index (χ1v) is 17.5. The number of anilines is 1. The molecule has 12 nitrogen and oxygen atoms in total. The third-order valence-corrected chi connectivity index (χ3v) is 11.5. The number of benzene rings is 1. The van der Waals surface area contributed by atoms with Gasteiger partial charge in [-0.2, -0.15) is 9.57 Å². The minimum absolute atomic E-state index is 0.0144. The molecule has 4 heterocycles. The van der Waals surface area contributed by atoms with Gasteiger partial charge < -0.3 is 14.5 Å². The Kier molecular flexibility index (Phi) is 8.85. The number of methoxy groups -OCH3 is 1. The first-order valence-electron chi connectivity index (χ1n) is 14.8. The summed E-state index contributed by atoms with van der Waals surface area (Å²) in [5.74, 6) is 0.822. The summed E-state index contributed by atoms with van der Waals surface area (Å²) in [6, 6.07) is 12.0. The fraction of sp³-hybridized carbons (Fsp3) is 0.433. The summed E-state index contributed by atoms with van der Waals surface area (Å²) in [4.78, 5) is 20.6. The lowest BCUT2D eigenvalue weighted by molar-refractivity contribution is -0.134. The lowest BCUT2D eigenvalue weighted by Crippen LogP contribution is -2.50. The van der Waals surface area contributed by atoms with E-state index < -0.39 is 27.0 Å². The van der Waals surface area contributed by atoms with Gasteiger partial charge in [0.25, 0.3) is 6.43 Å². The Bertz CT molecular complexity index is 1970. The summed E-state index contributed by atoms with van der Waals surface area (Å²) in [6.45, 7) is 5.11. The van der Waals surface area contributed by atoms with Gasteiger partial charge in [0.1, 0.15) is 22.8 Å². The molecule has 0 radical (unpaired) electrons. The van der Waals surface area contributed by atoms with Gasteiger partial charge in [0.2, 0.25) is 21.2 Å². The molecule has 0 atom stereocenters. The molecule has 1 amide bonds. The average Bonchev–Trinajstić information content (AvgIpc) is 3.56. The Morgan fingerprint density at radius 1 is 1.15 bits per heavy atom. The van der Waals surface area contributed by atoms with Crippen molar-refractivity contribution in [1.29, 1.82) is 5.26 Å². The number of amides is 1. The van der Waals surface area contributed by atoms with Gasteiger partial charge >= 0.3 is 0 Å². The number of fused-ring (bicyclic) bond motifs is 1. The summed E-state index contributed by atoms with van der Waals surface area (Å²) in [5, 5.41) is 17.1. The Balaban J connectivity index is 1.49. The smallest absolute Gasteiger partial charge is 0.291 e. The maximum Gasteiger partial charge on any atom is 0.291 e. The third-order valence-electron chi connectivity index (χ3n) is 8.37. The molecule has 1 saturated heterocycles. The number of sulfonamides is 1. The molecule has 3 aromatic heterocycles. The number of hydrogen-bond acceptors (Lipinski definition) is 10. The van der Waals surface area contributed by atoms with E-state index in [1.54, 1.807) is 33.6 Å². The fourth-order valence-corrected chi connectivity index (χ4v) is 8.36. The molecule has 1 aliphatic carbocycles. The molecule has 17 heteroatoms. The molecule has 47 heavy (non-hydrogen) atoms. The zero-order valence-corrected chi connectivity index (χ0v) is 28.1. The first-order chi connectivity index (χ1) is 22.4. The highest BCUT2D eigenvalue weighted by molar-refractivity contribution is 7.89. The molecule has 0 spiro atoms. The van der Waals surface area contributed by atoms with Crippen molar-refractivity contribution >= 4 is 50.2 Å². The van der Waals surface area contributed by atoms with Crippen LogP contribution < -0.4 is 9.64 Å². The standard InChI is InChI=1S/C30H31ClF2N8O4S2/c1-18(2)28(42)39-12-10-38(11-13-39)23-15-21(14-22-24(35-29(31)41(22)23)26-36-37-27(46-26)25(32)33)47(43,44)40(30(17-34)8-9-30)16-19-4-6-20(45-3)7-5-19/h4-7,14-15,18,25H,8-13,16H2,1-3H3. The second kappa shape index (κ2) is 12.6. The van der Waals surface area contributed by atoms with Crippen molar-refractivity contribution in [2.75, 3.05) is 38.2 Å². The number of nitriles is 1. The predicted octanol–water partition coefficient (Wildman–Crippen LogP) is 5.00. The average molecular weight is 705 g/mol.